The van der Waals surface area contributed by atoms with E-state index in [1.165, 1.54) is 12.5 Å². The number of H-pyrrole nitrogens is 3. The predicted molar refractivity (Wildman–Crippen MR) is 261 cm³/mol. The Morgan fingerprint density at radius 1 is 0.420 bits per heavy atom. The molecule has 0 bridgehead atoms. The minimum Gasteiger partial charge on any atom is -0.361 e. The SMILES string of the molecule is NCCCC[C@@H]1NC(=O)[C@@H](Cc2c[nH]c3ccccc23)NC(=O)[C@H](Cc2cnc[nH]2)NC(=O)[C@@H](Cc2ccccc2)NC(=O)[C@H](Cc2c[nH]c3ccccc23)NC(=O)[C@@H](Cc2ccccc2)NC1=O. The van der Waals surface area contributed by atoms with E-state index in [1.54, 1.807) is 12.4 Å². The van der Waals surface area contributed by atoms with Gasteiger partial charge in [-0.15, -0.1) is 0 Å². The number of nitrogens with two attached hydrogens (primary N) is 1. The van der Waals surface area contributed by atoms with Crippen molar-refractivity contribution >= 4 is 57.2 Å². The summed E-state index contributed by atoms with van der Waals surface area (Å²) in [7, 11) is 0. The number of carbonyl (C=O) groups is 6. The van der Waals surface area contributed by atoms with Gasteiger partial charge in [-0.1, -0.05) is 97.1 Å². The molecule has 1 saturated heterocycles. The minimum atomic E-state index is -1.28. The van der Waals surface area contributed by atoms with Crippen molar-refractivity contribution in [3.8, 4) is 0 Å². The molecule has 3 aromatic heterocycles. The van der Waals surface area contributed by atoms with Crippen LogP contribution in [0.25, 0.3) is 21.8 Å². The van der Waals surface area contributed by atoms with E-state index in [0.29, 0.717) is 30.6 Å². The molecule has 1 aliphatic rings. The largest absolute Gasteiger partial charge is 0.361 e. The lowest BCUT2D eigenvalue weighted by Gasteiger charge is -2.29. The number of para-hydroxylation sites is 2. The summed E-state index contributed by atoms with van der Waals surface area (Å²) in [4.78, 5) is 102. The van der Waals surface area contributed by atoms with Crippen molar-refractivity contribution in [1.29, 1.82) is 0 Å². The molecule has 7 aromatic rings. The highest BCUT2D eigenvalue weighted by atomic mass is 16.2. The lowest BCUT2D eigenvalue weighted by molar-refractivity contribution is -0.136. The first-order chi connectivity index (χ1) is 33.6. The third kappa shape index (κ3) is 12.3. The summed E-state index contributed by atoms with van der Waals surface area (Å²) in [5.74, 6) is -4.01. The second kappa shape index (κ2) is 22.6. The molecule has 11 N–H and O–H groups in total. The molecule has 1 aliphatic heterocycles. The molecule has 8 rings (SSSR count). The van der Waals surface area contributed by atoms with Crippen molar-refractivity contribution < 1.29 is 28.8 Å². The van der Waals surface area contributed by atoms with Gasteiger partial charge in [-0.05, 0) is 60.2 Å². The number of nitrogens with one attached hydrogen (secondary N) is 9. The van der Waals surface area contributed by atoms with E-state index in [0.717, 1.165) is 38.5 Å². The molecule has 1 fully saturated rings. The fourth-order valence-electron chi connectivity index (χ4n) is 8.80. The van der Waals surface area contributed by atoms with E-state index in [1.807, 2.05) is 109 Å². The van der Waals surface area contributed by atoms with Crippen molar-refractivity contribution in [2.24, 2.45) is 5.73 Å². The topological polar surface area (TPSA) is 261 Å². The molecule has 0 radical (unpaired) electrons. The molecule has 356 valence electrons. The number of aromatic amines is 3. The summed E-state index contributed by atoms with van der Waals surface area (Å²) in [6, 6.07) is 25.9. The standard InChI is InChI=1S/C52H57N11O6/c53-22-12-11-21-41-47(64)59-42(23-32-13-3-1-4-14-32)48(65)61-45(26-35-29-56-40-20-10-8-18-38(35)40)51(68)60-43(24-33-15-5-2-6-16-33)49(66)63-46(27-36-30-54-31-57-36)52(69)62-44(50(67)58-41)25-34-28-55-39-19-9-7-17-37(34)39/h1-10,13-20,28-31,41-46,55-56H,11-12,21-27,53H2,(H,54,57)(H,58,67)(H,59,64)(H,60,68)(H,61,65)(H,62,69)(H,63,66)/t41-,42+,43+,44+,45-,46-/m0/s1. The number of fused-ring (bicyclic) bond motifs is 2. The van der Waals surface area contributed by atoms with Crippen LogP contribution in [-0.4, -0.2) is 98.2 Å². The van der Waals surface area contributed by atoms with Crippen molar-refractivity contribution in [3.05, 3.63) is 162 Å². The number of carbonyl (C=O) groups excluding carboxylic acids is 6. The van der Waals surface area contributed by atoms with Crippen LogP contribution in [0.2, 0.25) is 0 Å². The van der Waals surface area contributed by atoms with Gasteiger partial charge in [-0.2, -0.15) is 0 Å². The quantitative estimate of drug-likeness (QED) is 0.0724. The molecule has 17 heteroatoms. The van der Waals surface area contributed by atoms with Crippen LogP contribution in [0.1, 0.15) is 47.2 Å². The Morgan fingerprint density at radius 2 is 0.812 bits per heavy atom. The maximum absolute atomic E-state index is 14.9. The molecule has 17 nitrogen and oxygen atoms in total. The van der Waals surface area contributed by atoms with Gasteiger partial charge >= 0.3 is 0 Å². The van der Waals surface area contributed by atoms with Gasteiger partial charge in [0.05, 0.1) is 6.33 Å². The van der Waals surface area contributed by atoms with Crippen LogP contribution < -0.4 is 37.6 Å². The Morgan fingerprint density at radius 3 is 1.25 bits per heavy atom. The Kier molecular flexibility index (Phi) is 15.6. The Labute approximate surface area is 398 Å². The third-order valence-electron chi connectivity index (χ3n) is 12.5. The van der Waals surface area contributed by atoms with Crippen LogP contribution in [0.4, 0.5) is 0 Å². The maximum atomic E-state index is 14.9. The van der Waals surface area contributed by atoms with Gasteiger partial charge in [0.1, 0.15) is 36.3 Å². The highest BCUT2D eigenvalue weighted by Gasteiger charge is 2.36. The van der Waals surface area contributed by atoms with Crippen molar-refractivity contribution in [3.63, 3.8) is 0 Å². The molecule has 0 saturated carbocycles. The molecule has 4 heterocycles. The zero-order valence-corrected chi connectivity index (χ0v) is 38.0. The fourth-order valence-corrected chi connectivity index (χ4v) is 8.80. The first-order valence-electron chi connectivity index (χ1n) is 23.3. The summed E-state index contributed by atoms with van der Waals surface area (Å²) in [6.45, 7) is 0.343. The second-order valence-corrected chi connectivity index (χ2v) is 17.4. The zero-order valence-electron chi connectivity index (χ0n) is 38.0. The molecule has 6 atom stereocenters. The summed E-state index contributed by atoms with van der Waals surface area (Å²) in [5, 5.41) is 19.1. The molecule has 0 spiro atoms. The van der Waals surface area contributed by atoms with E-state index in [-0.39, 0.29) is 38.5 Å². The number of hydrogen-bond acceptors (Lipinski definition) is 8. The highest BCUT2D eigenvalue weighted by Crippen LogP contribution is 2.22. The summed E-state index contributed by atoms with van der Waals surface area (Å²) >= 11 is 0. The summed E-state index contributed by atoms with van der Waals surface area (Å²) in [6.07, 6.45) is 7.70. The van der Waals surface area contributed by atoms with Crippen LogP contribution in [-0.2, 0) is 60.9 Å². The van der Waals surface area contributed by atoms with Gasteiger partial charge in [0, 0.05) is 78.2 Å². The van der Waals surface area contributed by atoms with Gasteiger partial charge in [0.15, 0.2) is 0 Å². The molecule has 4 aromatic carbocycles. The normalized spacial score (nSPS) is 21.1. The summed E-state index contributed by atoms with van der Waals surface area (Å²) < 4.78 is 0. The monoisotopic (exact) mass is 931 g/mol. The minimum absolute atomic E-state index is 0.00694. The second-order valence-electron chi connectivity index (χ2n) is 17.4. The first kappa shape index (κ1) is 47.4. The van der Waals surface area contributed by atoms with Gasteiger partial charge < -0.3 is 52.6 Å². The lowest BCUT2D eigenvalue weighted by Crippen LogP contribution is -2.62. The average molecular weight is 932 g/mol. The summed E-state index contributed by atoms with van der Waals surface area (Å²) in [5.41, 5.74) is 10.9. The maximum Gasteiger partial charge on any atom is 0.243 e. The Hall–Kier alpha value is -8.05. The Bertz CT molecular complexity index is 2860. The van der Waals surface area contributed by atoms with Gasteiger partial charge in [0.25, 0.3) is 0 Å². The number of amides is 6. The fraction of sp³-hybridized carbons (Fsp3) is 0.288. The van der Waals surface area contributed by atoms with Gasteiger partial charge in [-0.25, -0.2) is 4.98 Å². The van der Waals surface area contributed by atoms with Crippen LogP contribution in [0.15, 0.2) is 134 Å². The van der Waals surface area contributed by atoms with E-state index in [2.05, 4.69) is 51.8 Å². The molecular weight excluding hydrogens is 875 g/mol. The van der Waals surface area contributed by atoms with E-state index >= 15 is 0 Å². The van der Waals surface area contributed by atoms with E-state index < -0.39 is 71.7 Å². The number of imidazole rings is 1. The molecular formula is C52H57N11O6. The Balaban J connectivity index is 1.20. The molecule has 6 amide bonds. The average Bonchev–Trinajstić information content (AvgIpc) is 4.14. The van der Waals surface area contributed by atoms with Crippen LogP contribution in [0, 0.1) is 0 Å². The van der Waals surface area contributed by atoms with E-state index in [4.69, 9.17) is 5.73 Å². The number of hydrogen-bond donors (Lipinski definition) is 10. The molecule has 69 heavy (non-hydrogen) atoms. The number of aromatic nitrogens is 4. The van der Waals surface area contributed by atoms with Gasteiger partial charge in [-0.3, -0.25) is 28.8 Å². The smallest absolute Gasteiger partial charge is 0.243 e. The number of rotatable bonds is 14. The predicted octanol–water partition coefficient (Wildman–Crippen LogP) is 2.94. The van der Waals surface area contributed by atoms with Crippen LogP contribution in [0.3, 0.4) is 0 Å². The van der Waals surface area contributed by atoms with Crippen molar-refractivity contribution in [2.45, 2.75) is 87.6 Å². The van der Waals surface area contributed by atoms with Crippen molar-refractivity contribution in [1.82, 2.24) is 51.8 Å². The third-order valence-corrected chi connectivity index (χ3v) is 12.5. The number of benzene rings is 4. The number of nitrogens with zero attached hydrogens (tertiary/aromatic N) is 1. The molecule has 0 unspecified atom stereocenters. The lowest BCUT2D eigenvalue weighted by atomic mass is 9.99. The zero-order chi connectivity index (χ0) is 48.1. The highest BCUT2D eigenvalue weighted by molar-refractivity contribution is 5.99. The van der Waals surface area contributed by atoms with E-state index in [9.17, 15) is 28.8 Å². The van der Waals surface area contributed by atoms with Crippen molar-refractivity contribution in [2.75, 3.05) is 6.54 Å². The van der Waals surface area contributed by atoms with Crippen LogP contribution >= 0.6 is 0 Å². The first-order valence-corrected chi connectivity index (χ1v) is 23.3. The number of unbranched alkanes of at least 4 members (excludes halogenated alkanes) is 1. The molecule has 0 aliphatic carbocycles. The van der Waals surface area contributed by atoms with Gasteiger partial charge in [0.2, 0.25) is 35.4 Å². The van der Waals surface area contributed by atoms with Crippen LogP contribution in [0.5, 0.6) is 0 Å².